The van der Waals surface area contributed by atoms with Gasteiger partial charge in [-0.3, -0.25) is 4.79 Å². The number of rotatable bonds is 5. The lowest BCUT2D eigenvalue weighted by molar-refractivity contribution is -0.0377. The highest BCUT2D eigenvalue weighted by molar-refractivity contribution is 6.03. The topological polar surface area (TPSA) is 84.1 Å². The van der Waals surface area contributed by atoms with E-state index in [4.69, 9.17) is 4.74 Å². The summed E-state index contributed by atoms with van der Waals surface area (Å²) < 4.78 is 7.14. The molecule has 7 heteroatoms. The molecule has 4 rings (SSSR count). The summed E-state index contributed by atoms with van der Waals surface area (Å²) in [6, 6.07) is 13.2. The number of ketones is 1. The highest BCUT2D eigenvalue weighted by atomic mass is 16.6. The molecule has 1 unspecified atom stereocenters. The number of benzene rings is 1. The van der Waals surface area contributed by atoms with Crippen molar-refractivity contribution >= 4 is 17.4 Å². The van der Waals surface area contributed by atoms with Gasteiger partial charge >= 0.3 is 6.09 Å². The van der Waals surface area contributed by atoms with Crippen LogP contribution >= 0.6 is 0 Å². The minimum absolute atomic E-state index is 0.0500. The predicted octanol–water partition coefficient (Wildman–Crippen LogP) is 4.10. The number of nitrogens with zero attached hydrogens (tertiary/aromatic N) is 3. The lowest BCUT2D eigenvalue weighted by Gasteiger charge is -2.39. The Morgan fingerprint density at radius 1 is 1.16 bits per heavy atom. The largest absolute Gasteiger partial charge is 0.445 e. The van der Waals surface area contributed by atoms with Crippen LogP contribution in [-0.2, 0) is 16.9 Å². The Labute approximate surface area is 187 Å². The van der Waals surface area contributed by atoms with Crippen molar-refractivity contribution in [1.29, 1.82) is 0 Å². The van der Waals surface area contributed by atoms with Gasteiger partial charge in [0.1, 0.15) is 12.2 Å². The summed E-state index contributed by atoms with van der Waals surface area (Å²) in [6.45, 7) is 6.44. The molecule has 0 radical (unpaired) electrons. The molecule has 3 heterocycles. The summed E-state index contributed by atoms with van der Waals surface area (Å²) in [6.07, 6.45) is 2.57. The predicted molar refractivity (Wildman–Crippen MR) is 120 cm³/mol. The number of fused-ring (bicyclic) bond motifs is 1. The number of hydrogen-bond acceptors (Lipinski definition) is 5. The molecule has 1 fully saturated rings. The van der Waals surface area contributed by atoms with Crippen LogP contribution in [0.3, 0.4) is 0 Å². The molecular weight excluding hydrogens is 406 g/mol. The van der Waals surface area contributed by atoms with Gasteiger partial charge in [-0.25, -0.2) is 9.31 Å². The van der Waals surface area contributed by atoms with Crippen molar-refractivity contribution in [2.45, 2.75) is 45.8 Å². The second-order valence-corrected chi connectivity index (χ2v) is 8.67. The third-order valence-electron chi connectivity index (χ3n) is 6.53. The first-order valence-electron chi connectivity index (χ1n) is 11.0. The maximum Gasteiger partial charge on any atom is 0.410 e. The molecule has 1 aliphatic rings. The molecule has 3 aromatic rings. The van der Waals surface area contributed by atoms with Crippen molar-refractivity contribution < 1.29 is 19.4 Å². The van der Waals surface area contributed by atoms with E-state index in [1.165, 1.54) is 6.92 Å². The van der Waals surface area contributed by atoms with Crippen molar-refractivity contribution in [3.8, 4) is 0 Å². The van der Waals surface area contributed by atoms with E-state index in [-0.39, 0.29) is 24.4 Å². The third-order valence-corrected chi connectivity index (χ3v) is 6.53. The monoisotopic (exact) mass is 435 g/mol. The lowest BCUT2D eigenvalue weighted by atomic mass is 9.78. The van der Waals surface area contributed by atoms with Crippen LogP contribution < -0.4 is 0 Å². The Hall–Kier alpha value is -3.19. The molecule has 168 valence electrons. The molecule has 0 aliphatic carbocycles. The zero-order valence-corrected chi connectivity index (χ0v) is 18.7. The first-order chi connectivity index (χ1) is 15.3. The molecule has 2 aromatic heterocycles. The van der Waals surface area contributed by atoms with E-state index in [0.29, 0.717) is 42.7 Å². The highest BCUT2D eigenvalue weighted by Crippen LogP contribution is 2.40. The Bertz CT molecular complexity index is 1130. The van der Waals surface area contributed by atoms with E-state index in [1.54, 1.807) is 28.6 Å². The highest BCUT2D eigenvalue weighted by Gasteiger charge is 2.41. The second-order valence-electron chi connectivity index (χ2n) is 8.67. The molecule has 7 nitrogen and oxygen atoms in total. The molecule has 0 bridgehead atoms. The summed E-state index contributed by atoms with van der Waals surface area (Å²) >= 11 is 0. The van der Waals surface area contributed by atoms with Gasteiger partial charge in [-0.05, 0) is 62.8 Å². The number of piperidine rings is 1. The number of carbonyl (C=O) groups excluding carboxylic acids is 2. The Morgan fingerprint density at radius 3 is 2.50 bits per heavy atom. The fraction of sp³-hybridized carbons (Fsp3) is 0.400. The van der Waals surface area contributed by atoms with Crippen LogP contribution in [0.4, 0.5) is 4.79 Å². The van der Waals surface area contributed by atoms with Crippen molar-refractivity contribution in [2.24, 2.45) is 5.92 Å². The standard InChI is InChI=1S/C25H29N3O4/c1-17-22(18(2)29)21-10-7-13-26-28(21)23(17)25(3,31)20-11-14-27(15-12-20)24(30)32-16-19-8-5-4-6-9-19/h4-10,13,20,31H,11-12,14-16H2,1-3H3. The third kappa shape index (κ3) is 4.00. The quantitative estimate of drug-likeness (QED) is 0.610. The van der Waals surface area contributed by atoms with Crippen LogP contribution in [0, 0.1) is 12.8 Å². The minimum Gasteiger partial charge on any atom is -0.445 e. The maximum atomic E-state index is 12.5. The van der Waals surface area contributed by atoms with Gasteiger partial charge in [-0.1, -0.05) is 30.3 Å². The fourth-order valence-corrected chi connectivity index (χ4v) is 4.88. The summed E-state index contributed by atoms with van der Waals surface area (Å²) in [5.41, 5.74) is 2.44. The van der Waals surface area contributed by atoms with Crippen molar-refractivity contribution in [3.05, 3.63) is 71.0 Å². The van der Waals surface area contributed by atoms with Crippen molar-refractivity contribution in [1.82, 2.24) is 14.5 Å². The Kier molecular flexibility index (Phi) is 6.02. The zero-order chi connectivity index (χ0) is 22.9. The SMILES string of the molecule is CC(=O)c1c(C)c(C(C)(O)C2CCN(C(=O)OCc3ccccc3)CC2)n2ncccc12. The molecule has 1 saturated heterocycles. The summed E-state index contributed by atoms with van der Waals surface area (Å²) in [4.78, 5) is 26.5. The van der Waals surface area contributed by atoms with Crippen LogP contribution in [0.15, 0.2) is 48.7 Å². The number of aromatic nitrogens is 2. The zero-order valence-electron chi connectivity index (χ0n) is 18.7. The molecule has 1 N–H and O–H groups in total. The smallest absolute Gasteiger partial charge is 0.410 e. The van der Waals surface area contributed by atoms with E-state index in [1.807, 2.05) is 43.3 Å². The van der Waals surface area contributed by atoms with E-state index < -0.39 is 5.60 Å². The number of carbonyl (C=O) groups is 2. The number of amides is 1. The van der Waals surface area contributed by atoms with Gasteiger partial charge in [-0.15, -0.1) is 0 Å². The van der Waals surface area contributed by atoms with Gasteiger partial charge in [0, 0.05) is 24.8 Å². The molecule has 1 atom stereocenters. The van der Waals surface area contributed by atoms with Gasteiger partial charge in [0.25, 0.3) is 0 Å². The van der Waals surface area contributed by atoms with Crippen molar-refractivity contribution in [3.63, 3.8) is 0 Å². The molecule has 1 aromatic carbocycles. The number of ether oxygens (including phenoxy) is 1. The van der Waals surface area contributed by atoms with E-state index in [2.05, 4.69) is 5.10 Å². The van der Waals surface area contributed by atoms with Gasteiger partial charge in [-0.2, -0.15) is 5.10 Å². The number of Topliss-reactive ketones (excluding diaryl/α,β-unsaturated/α-hetero) is 1. The minimum atomic E-state index is -1.20. The Balaban J connectivity index is 1.48. The average molecular weight is 436 g/mol. The normalized spacial score (nSPS) is 16.7. The van der Waals surface area contributed by atoms with Gasteiger partial charge in [0.2, 0.25) is 0 Å². The maximum absolute atomic E-state index is 12.5. The van der Waals surface area contributed by atoms with Gasteiger partial charge in [0.15, 0.2) is 5.78 Å². The molecule has 1 aliphatic heterocycles. The summed E-state index contributed by atoms with van der Waals surface area (Å²) in [7, 11) is 0. The van der Waals surface area contributed by atoms with E-state index in [9.17, 15) is 14.7 Å². The van der Waals surface area contributed by atoms with E-state index >= 15 is 0 Å². The first kappa shape index (κ1) is 22.0. The van der Waals surface area contributed by atoms with Crippen molar-refractivity contribution in [2.75, 3.05) is 13.1 Å². The van der Waals surface area contributed by atoms with Crippen LogP contribution in [0.5, 0.6) is 0 Å². The molecule has 0 saturated carbocycles. The van der Waals surface area contributed by atoms with Crippen LogP contribution in [0.1, 0.15) is 53.9 Å². The van der Waals surface area contributed by atoms with Gasteiger partial charge < -0.3 is 14.7 Å². The van der Waals surface area contributed by atoms with Crippen LogP contribution in [0.25, 0.3) is 5.52 Å². The van der Waals surface area contributed by atoms with Gasteiger partial charge in [0.05, 0.1) is 11.2 Å². The lowest BCUT2D eigenvalue weighted by Crippen LogP contribution is -2.45. The second kappa shape index (κ2) is 8.74. The van der Waals surface area contributed by atoms with Crippen LogP contribution in [-0.4, -0.2) is 44.6 Å². The fourth-order valence-electron chi connectivity index (χ4n) is 4.88. The summed E-state index contributed by atoms with van der Waals surface area (Å²) in [5.74, 6) is -0.134. The van der Waals surface area contributed by atoms with E-state index in [0.717, 1.165) is 11.1 Å². The molecule has 32 heavy (non-hydrogen) atoms. The number of hydrogen-bond donors (Lipinski definition) is 1. The Morgan fingerprint density at radius 2 is 1.84 bits per heavy atom. The average Bonchev–Trinajstić information content (AvgIpc) is 3.10. The first-order valence-corrected chi connectivity index (χ1v) is 11.0. The van der Waals surface area contributed by atoms with Crippen LogP contribution in [0.2, 0.25) is 0 Å². The number of likely N-dealkylation sites (tertiary alicyclic amines) is 1. The summed E-state index contributed by atoms with van der Waals surface area (Å²) in [5, 5.41) is 16.1. The number of aliphatic hydroxyl groups is 1. The molecular formula is C25H29N3O4. The molecule has 1 amide bonds. The molecule has 0 spiro atoms.